The van der Waals surface area contributed by atoms with E-state index in [2.05, 4.69) is 33.8 Å². The van der Waals surface area contributed by atoms with Crippen LogP contribution < -0.4 is 5.73 Å². The maximum absolute atomic E-state index is 11.6. The van der Waals surface area contributed by atoms with Crippen molar-refractivity contribution >= 4 is 38.6 Å². The van der Waals surface area contributed by atoms with Gasteiger partial charge in [0.15, 0.2) is 23.2 Å². The summed E-state index contributed by atoms with van der Waals surface area (Å²) < 4.78 is 36.7. The quantitative estimate of drug-likeness (QED) is 0.125. The molecule has 0 amide bonds. The van der Waals surface area contributed by atoms with Crippen LogP contribution in [0.15, 0.2) is 11.4 Å². The number of aliphatic hydroxyl groups excluding tert-OH is 2. The third-order valence-electron chi connectivity index (χ3n) is 3.82. The maximum Gasteiger partial charge on any atom is 0.481 e. The van der Waals surface area contributed by atoms with Crippen LogP contribution in [0, 0.1) is 0 Å². The summed E-state index contributed by atoms with van der Waals surface area (Å²) in [5, 5.41) is 23.9. The lowest BCUT2D eigenvalue weighted by molar-refractivity contribution is -0.0495. The number of hydrogen-bond acceptors (Lipinski definition) is 12. The van der Waals surface area contributed by atoms with Crippen molar-refractivity contribution in [1.29, 1.82) is 0 Å². The molecular weight excluding hydrogens is 454 g/mol. The van der Waals surface area contributed by atoms with E-state index in [4.69, 9.17) is 25.8 Å². The number of phosphoric acid groups is 2. The molecule has 0 aromatic carbocycles. The molecule has 164 valence electrons. The number of azide groups is 1. The number of nitrogen functional groups attached to an aromatic ring is 1. The second-order valence-corrected chi connectivity index (χ2v) is 8.61. The number of phosphoric ester groups is 1. The van der Waals surface area contributed by atoms with Crippen molar-refractivity contribution in [3.8, 4) is 0 Å². The van der Waals surface area contributed by atoms with Gasteiger partial charge in [0.1, 0.15) is 24.6 Å². The second kappa shape index (κ2) is 8.14. The summed E-state index contributed by atoms with van der Waals surface area (Å²) in [6.07, 6.45) is -5.27. The maximum atomic E-state index is 11.6. The van der Waals surface area contributed by atoms with Crippen molar-refractivity contribution in [2.24, 2.45) is 5.11 Å². The van der Waals surface area contributed by atoms with Gasteiger partial charge >= 0.3 is 15.6 Å². The van der Waals surface area contributed by atoms with Gasteiger partial charge in [0.25, 0.3) is 0 Å². The smallest absolute Gasteiger partial charge is 0.387 e. The van der Waals surface area contributed by atoms with Crippen LogP contribution >= 0.6 is 15.6 Å². The lowest BCUT2D eigenvalue weighted by Crippen LogP contribution is -2.33. The number of ether oxygens (including phenoxy) is 1. The van der Waals surface area contributed by atoms with E-state index in [0.717, 1.165) is 10.9 Å². The summed E-state index contributed by atoms with van der Waals surface area (Å²) in [6, 6.07) is 0. The highest BCUT2D eigenvalue weighted by Gasteiger charge is 2.46. The van der Waals surface area contributed by atoms with E-state index >= 15 is 0 Å². The van der Waals surface area contributed by atoms with E-state index in [1.165, 1.54) is 0 Å². The Morgan fingerprint density at radius 3 is 2.63 bits per heavy atom. The van der Waals surface area contributed by atoms with Crippen LogP contribution in [0.1, 0.15) is 6.23 Å². The van der Waals surface area contributed by atoms with E-state index in [9.17, 15) is 24.2 Å². The van der Waals surface area contributed by atoms with Crippen molar-refractivity contribution < 1.29 is 47.6 Å². The summed E-state index contributed by atoms with van der Waals surface area (Å²) in [4.78, 5) is 40.7. The Balaban J connectivity index is 1.88. The van der Waals surface area contributed by atoms with Gasteiger partial charge in [-0.25, -0.2) is 24.1 Å². The molecule has 0 saturated carbocycles. The molecule has 1 aliphatic rings. The van der Waals surface area contributed by atoms with Gasteiger partial charge in [-0.05, 0) is 10.6 Å². The lowest BCUT2D eigenvalue weighted by atomic mass is 10.1. The average molecular weight is 468 g/mol. The van der Waals surface area contributed by atoms with Crippen molar-refractivity contribution in [3.05, 3.63) is 16.8 Å². The second-order valence-electron chi connectivity index (χ2n) is 5.79. The molecule has 0 bridgehead atoms. The molecule has 0 spiro atoms. The van der Waals surface area contributed by atoms with Gasteiger partial charge < -0.3 is 35.4 Å². The fourth-order valence-electron chi connectivity index (χ4n) is 2.67. The number of fused-ring (bicyclic) bond motifs is 1. The molecule has 1 unspecified atom stereocenters. The molecule has 7 N–H and O–H groups in total. The normalized spacial score (nSPS) is 26.4. The third-order valence-corrected chi connectivity index (χ3v) is 5.98. The Hall–Kier alpha value is -2.20. The van der Waals surface area contributed by atoms with Gasteiger partial charge in [0, 0.05) is 4.91 Å². The standard InChI is InChI=1S/C10H14N8O10P2/c11-7-4-8(14-2-13-7)18(10(15-4)16-17-12)9-6(20)5(19)3(27-9)1-26-30(24,25)28-29(21,22)23/h2-3,5-6,9,19-20H,1H2,(H,24,25)(H2,11,13,14)(H2,21,22,23)/t3-,5-,6-,9-/m1/s1. The Morgan fingerprint density at radius 2 is 2.00 bits per heavy atom. The van der Waals surface area contributed by atoms with Crippen molar-refractivity contribution in [2.75, 3.05) is 12.3 Å². The zero-order chi connectivity index (χ0) is 22.3. The van der Waals surface area contributed by atoms with Gasteiger partial charge in [0.05, 0.1) is 6.61 Å². The van der Waals surface area contributed by atoms with Gasteiger partial charge in [-0.2, -0.15) is 4.31 Å². The van der Waals surface area contributed by atoms with E-state index in [-0.39, 0.29) is 22.9 Å². The van der Waals surface area contributed by atoms with Crippen LogP contribution in [-0.2, 0) is 22.7 Å². The van der Waals surface area contributed by atoms with Crippen LogP contribution in [0.3, 0.4) is 0 Å². The number of rotatable bonds is 7. The molecule has 0 radical (unpaired) electrons. The van der Waals surface area contributed by atoms with Gasteiger partial charge in [-0.1, -0.05) is 0 Å². The molecule has 0 aliphatic carbocycles. The summed E-state index contributed by atoms with van der Waals surface area (Å²) in [5.74, 6) is -0.410. The van der Waals surface area contributed by atoms with E-state index in [0.29, 0.717) is 0 Å². The topological polar surface area (TPSA) is 281 Å². The molecule has 2 aromatic rings. The molecule has 5 atom stereocenters. The monoisotopic (exact) mass is 468 g/mol. The molecule has 2 aromatic heterocycles. The first-order valence-corrected chi connectivity index (χ1v) is 10.8. The van der Waals surface area contributed by atoms with Crippen molar-refractivity contribution in [2.45, 2.75) is 24.5 Å². The van der Waals surface area contributed by atoms with Crippen LogP contribution in [0.4, 0.5) is 11.8 Å². The molecule has 3 heterocycles. The zero-order valence-electron chi connectivity index (χ0n) is 14.5. The Kier molecular flexibility index (Phi) is 6.10. The SMILES string of the molecule is [N-]=[N+]=Nc1nc2c(N)ncnc2n1[C@@H]1O[C@H](COP(=O)(O)OP(=O)(O)O)[C@@H](O)[C@H]1O. The Morgan fingerprint density at radius 1 is 1.30 bits per heavy atom. The minimum absolute atomic E-state index is 0.0135. The number of hydrogen-bond donors (Lipinski definition) is 6. The lowest BCUT2D eigenvalue weighted by Gasteiger charge is -2.18. The Labute approximate surface area is 165 Å². The molecule has 1 fully saturated rings. The minimum atomic E-state index is -5.35. The largest absolute Gasteiger partial charge is 0.481 e. The Bertz CT molecular complexity index is 1100. The predicted molar refractivity (Wildman–Crippen MR) is 93.4 cm³/mol. The first-order valence-electron chi connectivity index (χ1n) is 7.73. The van der Waals surface area contributed by atoms with Gasteiger partial charge in [0.2, 0.25) is 5.95 Å². The molecule has 1 saturated heterocycles. The van der Waals surface area contributed by atoms with Crippen molar-refractivity contribution in [1.82, 2.24) is 19.5 Å². The average Bonchev–Trinajstić information content (AvgIpc) is 3.11. The fourth-order valence-corrected chi connectivity index (χ4v) is 4.26. The highest BCUT2D eigenvalue weighted by molar-refractivity contribution is 7.60. The summed E-state index contributed by atoms with van der Waals surface area (Å²) >= 11 is 0. The molecule has 1 aliphatic heterocycles. The molecule has 30 heavy (non-hydrogen) atoms. The van der Waals surface area contributed by atoms with Crippen LogP contribution in [0.2, 0.25) is 0 Å². The number of nitrogens with zero attached hydrogens (tertiary/aromatic N) is 7. The minimum Gasteiger partial charge on any atom is -0.387 e. The fraction of sp³-hybridized carbons (Fsp3) is 0.500. The summed E-state index contributed by atoms with van der Waals surface area (Å²) in [6.45, 7) is -0.914. The highest BCUT2D eigenvalue weighted by atomic mass is 31.3. The molecule has 20 heteroatoms. The number of aromatic nitrogens is 4. The predicted octanol–water partition coefficient (Wildman–Crippen LogP) is -0.804. The van der Waals surface area contributed by atoms with Gasteiger partial charge in [-0.15, -0.1) is 0 Å². The number of nitrogens with two attached hydrogens (primary N) is 1. The number of aliphatic hydroxyl groups is 2. The van der Waals surface area contributed by atoms with Crippen LogP contribution in [-0.4, -0.2) is 69.3 Å². The van der Waals surface area contributed by atoms with E-state index in [1.54, 1.807) is 0 Å². The van der Waals surface area contributed by atoms with Crippen LogP contribution in [0.25, 0.3) is 21.6 Å². The summed E-state index contributed by atoms with van der Waals surface area (Å²) in [5.41, 5.74) is 14.4. The molecule has 3 rings (SSSR count). The third kappa shape index (κ3) is 4.59. The summed E-state index contributed by atoms with van der Waals surface area (Å²) in [7, 11) is -10.6. The molecular formula is C10H14N8O10P2. The van der Waals surface area contributed by atoms with Crippen molar-refractivity contribution in [3.63, 3.8) is 0 Å². The van der Waals surface area contributed by atoms with E-state index in [1.807, 2.05) is 0 Å². The number of imidazole rings is 1. The van der Waals surface area contributed by atoms with Gasteiger partial charge in [-0.3, -0.25) is 9.09 Å². The van der Waals surface area contributed by atoms with Crippen LogP contribution in [0.5, 0.6) is 0 Å². The first kappa shape index (κ1) is 22.5. The zero-order valence-corrected chi connectivity index (χ0v) is 16.3. The van der Waals surface area contributed by atoms with E-state index < -0.39 is 46.8 Å². The number of anilines is 1. The molecule has 18 nitrogen and oxygen atoms in total. The first-order chi connectivity index (χ1) is 13.9. The highest BCUT2D eigenvalue weighted by Crippen LogP contribution is 2.57.